The molecule has 0 aliphatic rings. The Balaban J connectivity index is 2.84. The van der Waals surface area contributed by atoms with Crippen LogP contribution >= 0.6 is 0 Å². The zero-order valence-electron chi connectivity index (χ0n) is 7.28. The highest BCUT2D eigenvalue weighted by molar-refractivity contribution is 4.97. The molecular formula is C8H15N3. The normalized spacial score (nSPS) is 16.4. The Labute approximate surface area is 67.2 Å². The van der Waals surface area contributed by atoms with Crippen molar-refractivity contribution in [3.8, 4) is 0 Å². The fraction of sp³-hybridized carbons (Fsp3) is 0.625. The summed E-state index contributed by atoms with van der Waals surface area (Å²) in [7, 11) is 0. The van der Waals surface area contributed by atoms with E-state index < -0.39 is 0 Å². The van der Waals surface area contributed by atoms with E-state index in [0.717, 1.165) is 5.69 Å². The summed E-state index contributed by atoms with van der Waals surface area (Å²) >= 11 is 0. The van der Waals surface area contributed by atoms with E-state index in [1.54, 1.807) is 0 Å². The first-order valence-electron chi connectivity index (χ1n) is 3.87. The minimum Gasteiger partial charge on any atom is -0.331 e. The first kappa shape index (κ1) is 8.27. The Morgan fingerprint density at radius 1 is 1.55 bits per heavy atom. The summed E-state index contributed by atoms with van der Waals surface area (Å²) in [6.07, 6.45) is 3.67. The van der Waals surface area contributed by atoms with Crippen LogP contribution in [0, 0.1) is 6.92 Å². The van der Waals surface area contributed by atoms with Gasteiger partial charge in [-0.05, 0) is 20.8 Å². The molecule has 62 valence electrons. The molecule has 0 aliphatic heterocycles. The van der Waals surface area contributed by atoms with Gasteiger partial charge in [0.15, 0.2) is 0 Å². The lowest BCUT2D eigenvalue weighted by Crippen LogP contribution is -2.27. The smallest absolute Gasteiger partial charge is 0.0951 e. The molecule has 3 heteroatoms. The molecule has 1 rings (SSSR count). The molecule has 0 aromatic carbocycles. The SMILES string of the molecule is Cc1cncn1C(C)C(C)N. The topological polar surface area (TPSA) is 43.8 Å². The molecule has 0 amide bonds. The zero-order valence-corrected chi connectivity index (χ0v) is 7.28. The Morgan fingerprint density at radius 2 is 2.18 bits per heavy atom. The lowest BCUT2D eigenvalue weighted by molar-refractivity contribution is 0.457. The van der Waals surface area contributed by atoms with Gasteiger partial charge in [0, 0.05) is 24.0 Å². The molecule has 1 aromatic rings. The second kappa shape index (κ2) is 3.05. The summed E-state index contributed by atoms with van der Waals surface area (Å²) in [5, 5.41) is 0. The van der Waals surface area contributed by atoms with E-state index in [-0.39, 0.29) is 6.04 Å². The third kappa shape index (κ3) is 1.60. The van der Waals surface area contributed by atoms with Crippen LogP contribution in [0.15, 0.2) is 12.5 Å². The zero-order chi connectivity index (χ0) is 8.43. The number of hydrogen-bond donors (Lipinski definition) is 1. The van der Waals surface area contributed by atoms with Gasteiger partial charge in [-0.1, -0.05) is 0 Å². The molecule has 2 unspecified atom stereocenters. The predicted molar refractivity (Wildman–Crippen MR) is 45.3 cm³/mol. The van der Waals surface area contributed by atoms with Crippen molar-refractivity contribution in [2.24, 2.45) is 5.73 Å². The first-order chi connectivity index (χ1) is 5.13. The maximum absolute atomic E-state index is 5.75. The quantitative estimate of drug-likeness (QED) is 0.691. The van der Waals surface area contributed by atoms with Crippen molar-refractivity contribution in [2.45, 2.75) is 32.9 Å². The van der Waals surface area contributed by atoms with Crippen LogP contribution in [0.4, 0.5) is 0 Å². The highest BCUT2D eigenvalue weighted by Gasteiger charge is 2.10. The lowest BCUT2D eigenvalue weighted by atomic mass is 10.2. The maximum Gasteiger partial charge on any atom is 0.0951 e. The highest BCUT2D eigenvalue weighted by atomic mass is 15.1. The summed E-state index contributed by atoms with van der Waals surface area (Å²) in [5.41, 5.74) is 6.91. The number of nitrogens with two attached hydrogens (primary N) is 1. The molecule has 0 saturated heterocycles. The van der Waals surface area contributed by atoms with E-state index in [2.05, 4.69) is 16.5 Å². The van der Waals surface area contributed by atoms with Gasteiger partial charge in [0.1, 0.15) is 0 Å². The van der Waals surface area contributed by atoms with Crippen molar-refractivity contribution in [1.29, 1.82) is 0 Å². The highest BCUT2D eigenvalue weighted by Crippen LogP contribution is 2.10. The summed E-state index contributed by atoms with van der Waals surface area (Å²) in [6, 6.07) is 0.500. The summed E-state index contributed by atoms with van der Waals surface area (Å²) in [6.45, 7) is 6.13. The van der Waals surface area contributed by atoms with Crippen LogP contribution in [0.25, 0.3) is 0 Å². The van der Waals surface area contributed by atoms with Crippen LogP contribution in [0.5, 0.6) is 0 Å². The Morgan fingerprint density at radius 3 is 2.55 bits per heavy atom. The van der Waals surface area contributed by atoms with Crippen molar-refractivity contribution in [3.63, 3.8) is 0 Å². The second-order valence-electron chi connectivity index (χ2n) is 3.04. The predicted octanol–water partition coefficient (Wildman–Crippen LogP) is 1.10. The molecule has 0 radical (unpaired) electrons. The maximum atomic E-state index is 5.75. The van der Waals surface area contributed by atoms with Crippen LogP contribution in [0.3, 0.4) is 0 Å². The number of nitrogens with zero attached hydrogens (tertiary/aromatic N) is 2. The Kier molecular flexibility index (Phi) is 2.29. The molecule has 0 spiro atoms. The Bertz CT molecular complexity index is 227. The van der Waals surface area contributed by atoms with Gasteiger partial charge in [0.25, 0.3) is 0 Å². The molecule has 11 heavy (non-hydrogen) atoms. The molecule has 0 bridgehead atoms. The number of imidazole rings is 1. The standard InChI is InChI=1S/C8H15N3/c1-6-4-10-5-11(6)8(3)7(2)9/h4-5,7-8H,9H2,1-3H3. The van der Waals surface area contributed by atoms with Crippen molar-refractivity contribution in [1.82, 2.24) is 9.55 Å². The molecule has 0 saturated carbocycles. The molecule has 2 N–H and O–H groups in total. The molecule has 1 aromatic heterocycles. The Hall–Kier alpha value is -0.830. The van der Waals surface area contributed by atoms with Gasteiger partial charge in [-0.25, -0.2) is 4.98 Å². The molecule has 0 fully saturated rings. The van der Waals surface area contributed by atoms with Gasteiger partial charge < -0.3 is 10.3 Å². The van der Waals surface area contributed by atoms with Gasteiger partial charge in [0.2, 0.25) is 0 Å². The van der Waals surface area contributed by atoms with Gasteiger partial charge in [-0.15, -0.1) is 0 Å². The van der Waals surface area contributed by atoms with Gasteiger partial charge >= 0.3 is 0 Å². The average Bonchev–Trinajstić information content (AvgIpc) is 2.33. The van der Waals surface area contributed by atoms with Crippen LogP contribution < -0.4 is 5.73 Å². The average molecular weight is 153 g/mol. The van der Waals surface area contributed by atoms with Crippen molar-refractivity contribution < 1.29 is 0 Å². The fourth-order valence-corrected chi connectivity index (χ4v) is 1.05. The number of aromatic nitrogens is 2. The van der Waals surface area contributed by atoms with Gasteiger partial charge in [0.05, 0.1) is 6.33 Å². The second-order valence-corrected chi connectivity index (χ2v) is 3.04. The van der Waals surface area contributed by atoms with Crippen LogP contribution in [0.2, 0.25) is 0 Å². The third-order valence-corrected chi connectivity index (χ3v) is 2.06. The van der Waals surface area contributed by atoms with Crippen molar-refractivity contribution in [3.05, 3.63) is 18.2 Å². The number of rotatable bonds is 2. The van der Waals surface area contributed by atoms with E-state index in [0.29, 0.717) is 6.04 Å². The minimum absolute atomic E-state index is 0.169. The molecular weight excluding hydrogens is 138 g/mol. The van der Waals surface area contributed by atoms with Crippen LogP contribution in [0.1, 0.15) is 25.6 Å². The molecule has 1 heterocycles. The number of hydrogen-bond acceptors (Lipinski definition) is 2. The van der Waals surface area contributed by atoms with Gasteiger partial charge in [-0.3, -0.25) is 0 Å². The van der Waals surface area contributed by atoms with Crippen LogP contribution in [-0.2, 0) is 0 Å². The summed E-state index contributed by atoms with van der Waals surface area (Å²) in [4.78, 5) is 4.03. The molecule has 0 aliphatic carbocycles. The third-order valence-electron chi connectivity index (χ3n) is 2.06. The molecule has 2 atom stereocenters. The van der Waals surface area contributed by atoms with E-state index >= 15 is 0 Å². The van der Waals surface area contributed by atoms with Crippen molar-refractivity contribution in [2.75, 3.05) is 0 Å². The van der Waals surface area contributed by atoms with E-state index in [4.69, 9.17) is 5.73 Å². The largest absolute Gasteiger partial charge is 0.331 e. The lowest BCUT2D eigenvalue weighted by Gasteiger charge is -2.18. The summed E-state index contributed by atoms with van der Waals surface area (Å²) in [5.74, 6) is 0. The monoisotopic (exact) mass is 153 g/mol. The first-order valence-corrected chi connectivity index (χ1v) is 3.87. The van der Waals surface area contributed by atoms with Gasteiger partial charge in [-0.2, -0.15) is 0 Å². The van der Waals surface area contributed by atoms with Crippen LogP contribution in [-0.4, -0.2) is 15.6 Å². The summed E-state index contributed by atoms with van der Waals surface area (Å²) < 4.78 is 2.09. The van der Waals surface area contributed by atoms with E-state index in [1.807, 2.05) is 26.4 Å². The van der Waals surface area contributed by atoms with E-state index in [9.17, 15) is 0 Å². The van der Waals surface area contributed by atoms with E-state index in [1.165, 1.54) is 0 Å². The minimum atomic E-state index is 0.169. The molecule has 3 nitrogen and oxygen atoms in total. The fourth-order valence-electron chi connectivity index (χ4n) is 1.05. The van der Waals surface area contributed by atoms with Crippen molar-refractivity contribution >= 4 is 0 Å². The number of aryl methyl sites for hydroxylation is 1.